The summed E-state index contributed by atoms with van der Waals surface area (Å²) < 4.78 is 10.5. The molecule has 4 heteroatoms. The van der Waals surface area contributed by atoms with Gasteiger partial charge in [0.25, 0.3) is 0 Å². The fourth-order valence-electron chi connectivity index (χ4n) is 2.49. The Hall–Kier alpha value is -1.42. The summed E-state index contributed by atoms with van der Waals surface area (Å²) in [6, 6.07) is 3.99. The standard InChI is InChI=1S/C14H19NO3/c1-9(10-3-2-4-10)15-7-11-5-13-14(6-12(11)16)18-8-17-13/h5-6,9-10,15-16H,2-4,7-8H2,1H3. The highest BCUT2D eigenvalue weighted by atomic mass is 16.7. The van der Waals surface area contributed by atoms with Crippen LogP contribution in [-0.2, 0) is 6.54 Å². The third-order valence-corrected chi connectivity index (χ3v) is 4.05. The van der Waals surface area contributed by atoms with Crippen LogP contribution in [0.1, 0.15) is 31.7 Å². The molecule has 1 aliphatic carbocycles. The number of phenolic OH excluding ortho intramolecular Hbond substituents is 1. The summed E-state index contributed by atoms with van der Waals surface area (Å²) in [5, 5.41) is 13.4. The van der Waals surface area contributed by atoms with Crippen molar-refractivity contribution in [2.24, 2.45) is 5.92 Å². The number of hydrogen-bond acceptors (Lipinski definition) is 4. The second kappa shape index (κ2) is 4.69. The van der Waals surface area contributed by atoms with Crippen LogP contribution in [0.5, 0.6) is 17.2 Å². The van der Waals surface area contributed by atoms with E-state index in [0.29, 0.717) is 18.3 Å². The number of aromatic hydroxyl groups is 1. The molecule has 2 aliphatic rings. The molecule has 2 N–H and O–H groups in total. The smallest absolute Gasteiger partial charge is 0.231 e. The van der Waals surface area contributed by atoms with Crippen LogP contribution in [0.4, 0.5) is 0 Å². The highest BCUT2D eigenvalue weighted by Crippen LogP contribution is 2.37. The zero-order valence-corrected chi connectivity index (χ0v) is 10.6. The fourth-order valence-corrected chi connectivity index (χ4v) is 2.49. The first kappa shape index (κ1) is 11.7. The summed E-state index contributed by atoms with van der Waals surface area (Å²) in [5.74, 6) is 2.41. The van der Waals surface area contributed by atoms with Crippen LogP contribution in [0.3, 0.4) is 0 Å². The molecule has 1 aliphatic heterocycles. The molecule has 1 aromatic rings. The van der Waals surface area contributed by atoms with Crippen LogP contribution in [0.2, 0.25) is 0 Å². The average molecular weight is 249 g/mol. The third kappa shape index (κ3) is 2.12. The molecule has 1 atom stereocenters. The van der Waals surface area contributed by atoms with Crippen LogP contribution in [0.15, 0.2) is 12.1 Å². The minimum atomic E-state index is 0.240. The van der Waals surface area contributed by atoms with Crippen LogP contribution in [0, 0.1) is 5.92 Å². The minimum absolute atomic E-state index is 0.240. The Morgan fingerprint density at radius 3 is 2.72 bits per heavy atom. The van der Waals surface area contributed by atoms with Crippen LogP contribution >= 0.6 is 0 Å². The molecule has 0 amide bonds. The highest BCUT2D eigenvalue weighted by Gasteiger charge is 2.24. The summed E-state index contributed by atoms with van der Waals surface area (Å²) in [6.45, 7) is 3.12. The predicted molar refractivity (Wildman–Crippen MR) is 67.9 cm³/mol. The maximum Gasteiger partial charge on any atom is 0.231 e. The highest BCUT2D eigenvalue weighted by molar-refractivity contribution is 5.51. The Balaban J connectivity index is 1.65. The first-order chi connectivity index (χ1) is 8.74. The summed E-state index contributed by atoms with van der Waals surface area (Å²) >= 11 is 0. The summed E-state index contributed by atoms with van der Waals surface area (Å²) in [7, 11) is 0. The molecule has 1 heterocycles. The molecule has 4 nitrogen and oxygen atoms in total. The Morgan fingerprint density at radius 2 is 2.06 bits per heavy atom. The van der Waals surface area contributed by atoms with Gasteiger partial charge in [-0.1, -0.05) is 6.42 Å². The molecule has 1 fully saturated rings. The maximum atomic E-state index is 9.92. The number of rotatable bonds is 4. The van der Waals surface area contributed by atoms with Crippen molar-refractivity contribution in [3.8, 4) is 17.2 Å². The Bertz CT molecular complexity index is 443. The summed E-state index contributed by atoms with van der Waals surface area (Å²) in [5.41, 5.74) is 0.866. The van der Waals surface area contributed by atoms with Crippen molar-refractivity contribution >= 4 is 0 Å². The molecule has 0 spiro atoms. The minimum Gasteiger partial charge on any atom is -0.507 e. The molecular formula is C14H19NO3. The number of fused-ring (bicyclic) bond motifs is 1. The Morgan fingerprint density at radius 1 is 1.33 bits per heavy atom. The van der Waals surface area contributed by atoms with Gasteiger partial charge in [0.15, 0.2) is 11.5 Å². The van der Waals surface area contributed by atoms with Crippen molar-refractivity contribution in [3.63, 3.8) is 0 Å². The van der Waals surface area contributed by atoms with Crippen LogP contribution < -0.4 is 14.8 Å². The van der Waals surface area contributed by atoms with E-state index < -0.39 is 0 Å². The number of hydrogen-bond donors (Lipinski definition) is 2. The lowest BCUT2D eigenvalue weighted by atomic mass is 9.80. The first-order valence-corrected chi connectivity index (χ1v) is 6.59. The van der Waals surface area contributed by atoms with E-state index in [2.05, 4.69) is 12.2 Å². The molecular weight excluding hydrogens is 230 g/mol. The molecule has 0 bridgehead atoms. The van der Waals surface area contributed by atoms with E-state index in [0.717, 1.165) is 17.2 Å². The van der Waals surface area contributed by atoms with Gasteiger partial charge in [0, 0.05) is 24.2 Å². The van der Waals surface area contributed by atoms with Gasteiger partial charge in [0.2, 0.25) is 6.79 Å². The lowest BCUT2D eigenvalue weighted by Gasteiger charge is -2.32. The topological polar surface area (TPSA) is 50.7 Å². The zero-order valence-electron chi connectivity index (χ0n) is 10.6. The van der Waals surface area contributed by atoms with E-state index in [-0.39, 0.29) is 12.5 Å². The number of phenols is 1. The predicted octanol–water partition coefficient (Wildman–Crippen LogP) is 2.40. The molecule has 0 aromatic heterocycles. The SMILES string of the molecule is CC(NCc1cc2c(cc1O)OCO2)C1CCC1. The molecule has 0 saturated heterocycles. The monoisotopic (exact) mass is 249 g/mol. The fraction of sp³-hybridized carbons (Fsp3) is 0.571. The molecule has 1 aromatic carbocycles. The number of benzene rings is 1. The largest absolute Gasteiger partial charge is 0.507 e. The molecule has 1 unspecified atom stereocenters. The molecule has 0 radical (unpaired) electrons. The summed E-state index contributed by atoms with van der Waals surface area (Å²) in [6.07, 6.45) is 3.99. The Kier molecular flexibility index (Phi) is 3.04. The van der Waals surface area contributed by atoms with E-state index in [1.54, 1.807) is 6.07 Å². The molecule has 98 valence electrons. The maximum absolute atomic E-state index is 9.92. The van der Waals surface area contributed by atoms with E-state index in [9.17, 15) is 5.11 Å². The van der Waals surface area contributed by atoms with Gasteiger partial charge in [-0.05, 0) is 31.7 Å². The van der Waals surface area contributed by atoms with Crippen molar-refractivity contribution in [2.45, 2.75) is 38.8 Å². The lowest BCUT2D eigenvalue weighted by molar-refractivity contribution is 0.174. The third-order valence-electron chi connectivity index (χ3n) is 4.05. The van der Waals surface area contributed by atoms with Gasteiger partial charge >= 0.3 is 0 Å². The van der Waals surface area contributed by atoms with E-state index >= 15 is 0 Å². The second-order valence-electron chi connectivity index (χ2n) is 5.19. The van der Waals surface area contributed by atoms with Crippen molar-refractivity contribution < 1.29 is 14.6 Å². The van der Waals surface area contributed by atoms with E-state index in [1.807, 2.05) is 6.07 Å². The van der Waals surface area contributed by atoms with Gasteiger partial charge in [-0.2, -0.15) is 0 Å². The van der Waals surface area contributed by atoms with E-state index in [1.165, 1.54) is 19.3 Å². The average Bonchev–Trinajstić information content (AvgIpc) is 2.70. The first-order valence-electron chi connectivity index (χ1n) is 6.59. The lowest BCUT2D eigenvalue weighted by Crippen LogP contribution is -2.36. The van der Waals surface area contributed by atoms with E-state index in [4.69, 9.17) is 9.47 Å². The van der Waals surface area contributed by atoms with Crippen LogP contribution in [0.25, 0.3) is 0 Å². The van der Waals surface area contributed by atoms with Gasteiger partial charge < -0.3 is 19.9 Å². The van der Waals surface area contributed by atoms with Crippen molar-refractivity contribution in [1.29, 1.82) is 0 Å². The van der Waals surface area contributed by atoms with Gasteiger partial charge in [-0.3, -0.25) is 0 Å². The van der Waals surface area contributed by atoms with Crippen molar-refractivity contribution in [3.05, 3.63) is 17.7 Å². The Labute approximate surface area is 107 Å². The normalized spacial score (nSPS) is 19.6. The van der Waals surface area contributed by atoms with Gasteiger partial charge in [0.1, 0.15) is 5.75 Å². The van der Waals surface area contributed by atoms with Crippen LogP contribution in [-0.4, -0.2) is 17.9 Å². The second-order valence-corrected chi connectivity index (χ2v) is 5.19. The number of nitrogens with one attached hydrogen (secondary N) is 1. The molecule has 1 saturated carbocycles. The molecule has 18 heavy (non-hydrogen) atoms. The quantitative estimate of drug-likeness (QED) is 0.860. The van der Waals surface area contributed by atoms with Crippen molar-refractivity contribution in [2.75, 3.05) is 6.79 Å². The van der Waals surface area contributed by atoms with Gasteiger partial charge in [0.05, 0.1) is 0 Å². The van der Waals surface area contributed by atoms with Gasteiger partial charge in [-0.15, -0.1) is 0 Å². The van der Waals surface area contributed by atoms with Gasteiger partial charge in [-0.25, -0.2) is 0 Å². The van der Waals surface area contributed by atoms with Crippen molar-refractivity contribution in [1.82, 2.24) is 5.32 Å². The molecule has 3 rings (SSSR count). The summed E-state index contributed by atoms with van der Waals surface area (Å²) in [4.78, 5) is 0. The zero-order chi connectivity index (χ0) is 12.5. The number of ether oxygens (including phenoxy) is 2.